The van der Waals surface area contributed by atoms with E-state index in [9.17, 15) is 24.3 Å². The van der Waals surface area contributed by atoms with Crippen molar-refractivity contribution in [3.8, 4) is 0 Å². The Kier molecular flexibility index (Phi) is 8.61. The van der Waals surface area contributed by atoms with Crippen molar-refractivity contribution in [3.63, 3.8) is 0 Å². The maximum absolute atomic E-state index is 13.8. The number of benzene rings is 2. The molecule has 0 bridgehead atoms. The first-order valence-electron chi connectivity index (χ1n) is 13.8. The number of aromatic nitrogens is 1. The highest BCUT2D eigenvalue weighted by Crippen LogP contribution is 2.38. The molecule has 1 aliphatic rings. The van der Waals surface area contributed by atoms with Crippen molar-refractivity contribution in [3.05, 3.63) is 71.9 Å². The van der Waals surface area contributed by atoms with E-state index in [0.717, 1.165) is 27.8 Å². The molecule has 3 atom stereocenters. The van der Waals surface area contributed by atoms with Crippen molar-refractivity contribution in [1.82, 2.24) is 20.1 Å². The molecule has 0 saturated carbocycles. The first-order chi connectivity index (χ1) is 19.0. The SMILES string of the molecule is CCCC[C@@H](C(=O)C(=O)NC(C)c1ccccc1)N(C(=O)O)C1CC(C)(C)CN1C(=O)c1ccc2[nH]ccc2c1. The van der Waals surface area contributed by atoms with Crippen LogP contribution in [0.3, 0.4) is 0 Å². The minimum Gasteiger partial charge on any atom is -0.465 e. The van der Waals surface area contributed by atoms with E-state index in [-0.39, 0.29) is 12.3 Å². The molecule has 2 aromatic carbocycles. The lowest BCUT2D eigenvalue weighted by Crippen LogP contribution is -2.58. The second-order valence-corrected chi connectivity index (χ2v) is 11.4. The smallest absolute Gasteiger partial charge is 0.409 e. The molecule has 1 aliphatic heterocycles. The predicted molar refractivity (Wildman–Crippen MR) is 153 cm³/mol. The number of nitrogens with one attached hydrogen (secondary N) is 2. The number of aromatic amines is 1. The number of H-pyrrole nitrogens is 1. The maximum Gasteiger partial charge on any atom is 0.409 e. The number of rotatable bonds is 10. The molecule has 0 spiro atoms. The van der Waals surface area contributed by atoms with Crippen LogP contribution in [0.25, 0.3) is 10.9 Å². The van der Waals surface area contributed by atoms with Crippen molar-refractivity contribution >= 4 is 34.6 Å². The van der Waals surface area contributed by atoms with Crippen LogP contribution in [0.4, 0.5) is 4.79 Å². The largest absolute Gasteiger partial charge is 0.465 e. The van der Waals surface area contributed by atoms with E-state index < -0.39 is 41.4 Å². The normalized spacial score (nSPS) is 17.8. The number of nitrogens with zero attached hydrogens (tertiary/aromatic N) is 2. The molecule has 4 rings (SSSR count). The fraction of sp³-hybridized carbons (Fsp3) is 0.419. The van der Waals surface area contributed by atoms with Crippen molar-refractivity contribution in [1.29, 1.82) is 0 Å². The van der Waals surface area contributed by atoms with Gasteiger partial charge < -0.3 is 20.3 Å². The highest BCUT2D eigenvalue weighted by molar-refractivity contribution is 6.38. The van der Waals surface area contributed by atoms with E-state index in [4.69, 9.17) is 0 Å². The van der Waals surface area contributed by atoms with Crippen LogP contribution >= 0.6 is 0 Å². The third-order valence-corrected chi connectivity index (χ3v) is 7.64. The monoisotopic (exact) mass is 546 g/mol. The van der Waals surface area contributed by atoms with Crippen molar-refractivity contribution < 1.29 is 24.3 Å². The van der Waals surface area contributed by atoms with Gasteiger partial charge in [-0.2, -0.15) is 0 Å². The zero-order chi connectivity index (χ0) is 29.0. The molecule has 1 saturated heterocycles. The summed E-state index contributed by atoms with van der Waals surface area (Å²) in [5.74, 6) is -1.96. The third kappa shape index (κ3) is 6.19. The summed E-state index contributed by atoms with van der Waals surface area (Å²) < 4.78 is 0. The molecular weight excluding hydrogens is 508 g/mol. The lowest BCUT2D eigenvalue weighted by atomic mass is 9.91. The molecule has 3 aromatic rings. The van der Waals surface area contributed by atoms with Crippen LogP contribution in [0.1, 0.15) is 75.3 Å². The number of unbranched alkanes of at least 4 members (excludes halogenated alkanes) is 1. The van der Waals surface area contributed by atoms with Crippen LogP contribution in [0.5, 0.6) is 0 Å². The molecular formula is C31H38N4O5. The maximum atomic E-state index is 13.8. The Bertz CT molecular complexity index is 1380. The van der Waals surface area contributed by atoms with Gasteiger partial charge in [-0.15, -0.1) is 0 Å². The molecule has 2 heterocycles. The number of ketones is 1. The van der Waals surface area contributed by atoms with Crippen molar-refractivity contribution in [2.75, 3.05) is 6.54 Å². The second kappa shape index (κ2) is 11.9. The molecule has 3 amide bonds. The average Bonchev–Trinajstić information content (AvgIpc) is 3.53. The van der Waals surface area contributed by atoms with Gasteiger partial charge in [0.2, 0.25) is 5.78 Å². The Morgan fingerprint density at radius 2 is 1.85 bits per heavy atom. The Morgan fingerprint density at radius 3 is 2.52 bits per heavy atom. The molecule has 0 radical (unpaired) electrons. The summed E-state index contributed by atoms with van der Waals surface area (Å²) >= 11 is 0. The number of hydrogen-bond donors (Lipinski definition) is 3. The number of Topliss-reactive ketones (excluding diaryl/α,β-unsaturated/α-hetero) is 1. The number of fused-ring (bicyclic) bond motifs is 1. The van der Waals surface area contributed by atoms with Crippen LogP contribution in [-0.2, 0) is 9.59 Å². The summed E-state index contributed by atoms with van der Waals surface area (Å²) in [5.41, 5.74) is 1.76. The highest BCUT2D eigenvalue weighted by Gasteiger charge is 2.48. The van der Waals surface area contributed by atoms with Gasteiger partial charge in [0.1, 0.15) is 12.2 Å². The first kappa shape index (κ1) is 28.9. The van der Waals surface area contributed by atoms with E-state index in [2.05, 4.69) is 10.3 Å². The molecule has 9 heteroatoms. The van der Waals surface area contributed by atoms with E-state index in [1.165, 1.54) is 0 Å². The summed E-state index contributed by atoms with van der Waals surface area (Å²) in [4.78, 5) is 59.1. The van der Waals surface area contributed by atoms with Crippen LogP contribution in [-0.4, -0.2) is 62.3 Å². The molecule has 0 aliphatic carbocycles. The van der Waals surface area contributed by atoms with Gasteiger partial charge in [-0.25, -0.2) is 4.79 Å². The topological polar surface area (TPSA) is 123 Å². The van der Waals surface area contributed by atoms with Gasteiger partial charge in [0, 0.05) is 29.2 Å². The van der Waals surface area contributed by atoms with Crippen molar-refractivity contribution in [2.45, 2.75) is 71.6 Å². The lowest BCUT2D eigenvalue weighted by molar-refractivity contribution is -0.142. The zero-order valence-corrected chi connectivity index (χ0v) is 23.5. The van der Waals surface area contributed by atoms with E-state index >= 15 is 0 Å². The van der Waals surface area contributed by atoms with Gasteiger partial charge in [-0.3, -0.25) is 19.3 Å². The Balaban J connectivity index is 1.64. The van der Waals surface area contributed by atoms with Crippen molar-refractivity contribution in [2.24, 2.45) is 5.41 Å². The van der Waals surface area contributed by atoms with Gasteiger partial charge in [0.15, 0.2) is 0 Å². The molecule has 1 aromatic heterocycles. The predicted octanol–water partition coefficient (Wildman–Crippen LogP) is 5.35. The van der Waals surface area contributed by atoms with Gasteiger partial charge >= 0.3 is 6.09 Å². The lowest BCUT2D eigenvalue weighted by Gasteiger charge is -2.37. The summed E-state index contributed by atoms with van der Waals surface area (Å²) in [6, 6.07) is 14.8. The number of likely N-dealkylation sites (tertiary alicyclic amines) is 1. The summed E-state index contributed by atoms with van der Waals surface area (Å²) in [6.07, 6.45) is 1.36. The number of amides is 3. The average molecular weight is 547 g/mol. The van der Waals surface area contributed by atoms with E-state index in [1.807, 2.05) is 63.2 Å². The molecule has 3 N–H and O–H groups in total. The number of carbonyl (C=O) groups is 4. The highest BCUT2D eigenvalue weighted by atomic mass is 16.4. The summed E-state index contributed by atoms with van der Waals surface area (Å²) in [6.45, 7) is 7.98. The van der Waals surface area contributed by atoms with Crippen LogP contribution in [0.15, 0.2) is 60.8 Å². The van der Waals surface area contributed by atoms with E-state index in [0.29, 0.717) is 24.9 Å². The van der Waals surface area contributed by atoms with Gasteiger partial charge in [-0.1, -0.05) is 63.9 Å². The minimum atomic E-state index is -1.33. The molecule has 40 heavy (non-hydrogen) atoms. The fourth-order valence-electron chi connectivity index (χ4n) is 5.55. The Hall–Kier alpha value is -4.14. The van der Waals surface area contributed by atoms with Crippen LogP contribution < -0.4 is 5.32 Å². The first-order valence-corrected chi connectivity index (χ1v) is 13.8. The molecule has 1 fully saturated rings. The van der Waals surface area contributed by atoms with Gasteiger partial charge in [0.05, 0.1) is 6.04 Å². The van der Waals surface area contributed by atoms with Crippen LogP contribution in [0.2, 0.25) is 0 Å². The molecule has 212 valence electrons. The van der Waals surface area contributed by atoms with Gasteiger partial charge in [0.25, 0.3) is 11.8 Å². The zero-order valence-electron chi connectivity index (χ0n) is 23.5. The summed E-state index contributed by atoms with van der Waals surface area (Å²) in [5, 5.41) is 14.1. The Labute approximate surface area is 234 Å². The minimum absolute atomic E-state index is 0.184. The van der Waals surface area contributed by atoms with Gasteiger partial charge in [-0.05, 0) is 55.0 Å². The molecule has 2 unspecified atom stereocenters. The standard InChI is InChI=1S/C31H38N4O5/c1-5-6-12-25(27(36)28(37)33-20(2)21-10-8-7-9-11-21)35(30(39)40)26-18-31(3,4)19-34(26)29(38)23-13-14-24-22(17-23)15-16-32-24/h7-11,13-17,20,25-26,32H,5-6,12,18-19H2,1-4H3,(H,33,37)(H,39,40)/t20?,25-,26?/m0/s1. The number of hydrogen-bond acceptors (Lipinski definition) is 4. The van der Waals surface area contributed by atoms with E-state index in [1.54, 1.807) is 30.2 Å². The Morgan fingerprint density at radius 1 is 1.12 bits per heavy atom. The third-order valence-electron chi connectivity index (χ3n) is 7.64. The molecule has 9 nitrogen and oxygen atoms in total. The summed E-state index contributed by atoms with van der Waals surface area (Å²) in [7, 11) is 0. The number of carbonyl (C=O) groups excluding carboxylic acids is 3. The van der Waals surface area contributed by atoms with Crippen LogP contribution in [0, 0.1) is 5.41 Å². The number of carboxylic acid groups (broad SMARTS) is 1. The fourth-order valence-corrected chi connectivity index (χ4v) is 5.55. The quantitative estimate of drug-likeness (QED) is 0.296. The second-order valence-electron chi connectivity index (χ2n) is 11.4.